The fraction of sp³-hybridized carbons (Fsp3) is 0. The monoisotopic (exact) mass is 480 g/mol. The van der Waals surface area contributed by atoms with E-state index in [1.165, 1.54) is 76.1 Å². The van der Waals surface area contributed by atoms with Gasteiger partial charge in [-0.05, 0) is 94.3 Å². The van der Waals surface area contributed by atoms with Crippen molar-refractivity contribution in [1.82, 2.24) is 0 Å². The summed E-state index contributed by atoms with van der Waals surface area (Å²) in [7, 11) is 0. The number of hydrogen-bond acceptors (Lipinski definition) is 0. The van der Waals surface area contributed by atoms with Crippen molar-refractivity contribution in [1.29, 1.82) is 0 Å². The lowest BCUT2D eigenvalue weighted by molar-refractivity contribution is 1.67. The molecule has 0 atom stereocenters. The first-order valence-corrected chi connectivity index (χ1v) is 13.2. The predicted octanol–water partition coefficient (Wildman–Crippen LogP) is 10.8. The summed E-state index contributed by atoms with van der Waals surface area (Å²) in [5.74, 6) is 0. The largest absolute Gasteiger partial charge is 0.0616 e. The second-order valence-corrected chi connectivity index (χ2v) is 10.1. The summed E-state index contributed by atoms with van der Waals surface area (Å²) in [6.45, 7) is 0. The van der Waals surface area contributed by atoms with E-state index in [1.807, 2.05) is 0 Å². The molecule has 0 unspecified atom stereocenters. The fourth-order valence-corrected chi connectivity index (χ4v) is 6.25. The van der Waals surface area contributed by atoms with Crippen LogP contribution in [0.25, 0.3) is 76.1 Å². The SMILES string of the molecule is c1ccc2cc3c(cc(-c4ccc(-c5cccc6ccccc56)c5ccccc45)c4ccccc43)cc2c1. The molecule has 0 spiro atoms. The second-order valence-electron chi connectivity index (χ2n) is 10.1. The third-order valence-corrected chi connectivity index (χ3v) is 8.02. The standard InChI is InChI=1S/C38H24/c1-2-12-27-23-37-28(22-26(27)11-1)24-38(34-18-8-7-17-33(34)37)36-21-20-35(31-15-5-6-16-32(31)36)30-19-9-13-25-10-3-4-14-29(25)30/h1-24H. The zero-order valence-corrected chi connectivity index (χ0v) is 20.9. The molecule has 0 heterocycles. The lowest BCUT2D eigenvalue weighted by atomic mass is 9.87. The number of rotatable bonds is 2. The summed E-state index contributed by atoms with van der Waals surface area (Å²) in [6, 6.07) is 53.4. The van der Waals surface area contributed by atoms with E-state index >= 15 is 0 Å². The highest BCUT2D eigenvalue weighted by Crippen LogP contribution is 2.42. The molecule has 8 aromatic rings. The average molecular weight is 481 g/mol. The molecule has 8 aromatic carbocycles. The van der Waals surface area contributed by atoms with Gasteiger partial charge in [-0.3, -0.25) is 0 Å². The van der Waals surface area contributed by atoms with Gasteiger partial charge in [-0.2, -0.15) is 0 Å². The predicted molar refractivity (Wildman–Crippen MR) is 165 cm³/mol. The molecular formula is C38H24. The summed E-state index contributed by atoms with van der Waals surface area (Å²) in [4.78, 5) is 0. The second kappa shape index (κ2) is 8.30. The Kier molecular flexibility index (Phi) is 4.62. The van der Waals surface area contributed by atoms with Crippen molar-refractivity contribution >= 4 is 53.9 Å². The van der Waals surface area contributed by atoms with E-state index in [0.29, 0.717) is 0 Å². The first kappa shape index (κ1) is 21.2. The Morgan fingerprint density at radius 3 is 1.39 bits per heavy atom. The molecule has 8 rings (SSSR count). The van der Waals surface area contributed by atoms with Gasteiger partial charge in [0.05, 0.1) is 0 Å². The van der Waals surface area contributed by atoms with Gasteiger partial charge in [0.25, 0.3) is 0 Å². The Hall–Kier alpha value is -4.94. The highest BCUT2D eigenvalue weighted by atomic mass is 14.2. The fourth-order valence-electron chi connectivity index (χ4n) is 6.25. The van der Waals surface area contributed by atoms with Crippen LogP contribution < -0.4 is 0 Å². The molecule has 0 saturated carbocycles. The van der Waals surface area contributed by atoms with E-state index in [0.717, 1.165) is 0 Å². The topological polar surface area (TPSA) is 0 Å². The van der Waals surface area contributed by atoms with Crippen LogP contribution in [-0.2, 0) is 0 Å². The van der Waals surface area contributed by atoms with Gasteiger partial charge in [0.2, 0.25) is 0 Å². The third-order valence-electron chi connectivity index (χ3n) is 8.02. The maximum atomic E-state index is 2.39. The van der Waals surface area contributed by atoms with Crippen LogP contribution in [0.5, 0.6) is 0 Å². The molecule has 0 bridgehead atoms. The molecule has 0 nitrogen and oxygen atoms in total. The van der Waals surface area contributed by atoms with Gasteiger partial charge in [-0.25, -0.2) is 0 Å². The van der Waals surface area contributed by atoms with Crippen molar-refractivity contribution in [3.8, 4) is 22.3 Å². The lowest BCUT2D eigenvalue weighted by Crippen LogP contribution is -1.89. The molecule has 176 valence electrons. The summed E-state index contributed by atoms with van der Waals surface area (Å²) in [6.07, 6.45) is 0. The Morgan fingerprint density at radius 2 is 0.684 bits per heavy atom. The van der Waals surface area contributed by atoms with Crippen molar-refractivity contribution in [2.45, 2.75) is 0 Å². The van der Waals surface area contributed by atoms with Crippen molar-refractivity contribution in [3.05, 3.63) is 146 Å². The summed E-state index contributed by atoms with van der Waals surface area (Å²) in [5.41, 5.74) is 5.11. The minimum atomic E-state index is 1.27. The Balaban J connectivity index is 1.45. The van der Waals surface area contributed by atoms with Gasteiger partial charge >= 0.3 is 0 Å². The highest BCUT2D eigenvalue weighted by Gasteiger charge is 2.15. The molecule has 0 aliphatic carbocycles. The summed E-state index contributed by atoms with van der Waals surface area (Å²) in [5, 5.41) is 12.8. The zero-order chi connectivity index (χ0) is 25.1. The molecule has 0 amide bonds. The molecule has 0 fully saturated rings. The first-order valence-electron chi connectivity index (χ1n) is 13.2. The van der Waals surface area contributed by atoms with E-state index in [2.05, 4.69) is 146 Å². The van der Waals surface area contributed by atoms with Crippen LogP contribution in [0.1, 0.15) is 0 Å². The average Bonchev–Trinajstić information content (AvgIpc) is 2.99. The first-order chi connectivity index (χ1) is 18.8. The van der Waals surface area contributed by atoms with Crippen LogP contribution in [0.15, 0.2) is 146 Å². The van der Waals surface area contributed by atoms with E-state index in [1.54, 1.807) is 0 Å². The molecule has 0 aliphatic rings. The van der Waals surface area contributed by atoms with Crippen LogP contribution in [-0.4, -0.2) is 0 Å². The molecule has 38 heavy (non-hydrogen) atoms. The smallest absolute Gasteiger partial charge is 0.00928 e. The van der Waals surface area contributed by atoms with Gasteiger partial charge in [0.15, 0.2) is 0 Å². The third kappa shape index (κ3) is 3.17. The number of fused-ring (bicyclic) bond motifs is 6. The number of benzene rings is 8. The number of hydrogen-bond donors (Lipinski definition) is 0. The van der Waals surface area contributed by atoms with Crippen LogP contribution in [0.2, 0.25) is 0 Å². The van der Waals surface area contributed by atoms with Crippen molar-refractivity contribution in [2.24, 2.45) is 0 Å². The van der Waals surface area contributed by atoms with Crippen LogP contribution >= 0.6 is 0 Å². The van der Waals surface area contributed by atoms with Gasteiger partial charge in [0, 0.05) is 0 Å². The van der Waals surface area contributed by atoms with E-state index < -0.39 is 0 Å². The maximum absolute atomic E-state index is 2.39. The van der Waals surface area contributed by atoms with E-state index in [-0.39, 0.29) is 0 Å². The minimum Gasteiger partial charge on any atom is -0.0616 e. The lowest BCUT2D eigenvalue weighted by Gasteiger charge is -2.16. The van der Waals surface area contributed by atoms with Crippen LogP contribution in [0.4, 0.5) is 0 Å². The van der Waals surface area contributed by atoms with Crippen molar-refractivity contribution in [3.63, 3.8) is 0 Å². The highest BCUT2D eigenvalue weighted by molar-refractivity contribution is 6.19. The van der Waals surface area contributed by atoms with Gasteiger partial charge in [-0.15, -0.1) is 0 Å². The maximum Gasteiger partial charge on any atom is -0.00928 e. The molecule has 0 saturated heterocycles. The Morgan fingerprint density at radius 1 is 0.211 bits per heavy atom. The normalized spacial score (nSPS) is 11.7. The van der Waals surface area contributed by atoms with E-state index in [4.69, 9.17) is 0 Å². The molecule has 0 radical (unpaired) electrons. The van der Waals surface area contributed by atoms with Gasteiger partial charge in [-0.1, -0.05) is 127 Å². The molecular weight excluding hydrogens is 456 g/mol. The van der Waals surface area contributed by atoms with Crippen molar-refractivity contribution < 1.29 is 0 Å². The van der Waals surface area contributed by atoms with Gasteiger partial charge < -0.3 is 0 Å². The van der Waals surface area contributed by atoms with Crippen molar-refractivity contribution in [2.75, 3.05) is 0 Å². The van der Waals surface area contributed by atoms with Crippen LogP contribution in [0.3, 0.4) is 0 Å². The Bertz CT molecular complexity index is 2180. The zero-order valence-electron chi connectivity index (χ0n) is 20.9. The molecule has 0 N–H and O–H groups in total. The minimum absolute atomic E-state index is 1.27. The summed E-state index contributed by atoms with van der Waals surface area (Å²) < 4.78 is 0. The Labute approximate surface area is 221 Å². The summed E-state index contributed by atoms with van der Waals surface area (Å²) >= 11 is 0. The molecule has 0 heteroatoms. The molecule has 0 aromatic heterocycles. The van der Waals surface area contributed by atoms with Gasteiger partial charge in [0.1, 0.15) is 0 Å². The van der Waals surface area contributed by atoms with Crippen LogP contribution in [0, 0.1) is 0 Å². The van der Waals surface area contributed by atoms with E-state index in [9.17, 15) is 0 Å². The molecule has 0 aliphatic heterocycles. The quantitative estimate of drug-likeness (QED) is 0.170.